The van der Waals surface area contributed by atoms with Gasteiger partial charge in [0.1, 0.15) is 4.90 Å². The fourth-order valence-corrected chi connectivity index (χ4v) is 3.81. The lowest BCUT2D eigenvalue weighted by Crippen LogP contribution is -2.15. The van der Waals surface area contributed by atoms with Crippen molar-refractivity contribution in [2.45, 2.75) is 18.7 Å². The molecule has 6 nitrogen and oxygen atoms in total. The van der Waals surface area contributed by atoms with Gasteiger partial charge in [-0.15, -0.1) is 0 Å². The topological polar surface area (TPSA) is 87.8 Å². The number of nitriles is 1. The average molecular weight is 325 g/mol. The van der Waals surface area contributed by atoms with Gasteiger partial charge in [-0.3, -0.25) is 9.40 Å². The van der Waals surface area contributed by atoms with Crippen molar-refractivity contribution in [2.75, 3.05) is 4.72 Å². The van der Waals surface area contributed by atoms with Gasteiger partial charge in [0.25, 0.3) is 10.0 Å². The molecule has 1 aromatic carbocycles. The molecule has 0 aliphatic carbocycles. The zero-order chi connectivity index (χ0) is 15.8. The number of aromatic nitrogens is 2. The number of sulfonamides is 1. The van der Waals surface area contributed by atoms with Crippen LogP contribution in [0.4, 0.5) is 5.69 Å². The lowest BCUT2D eigenvalue weighted by atomic mass is 10.2. The van der Waals surface area contributed by atoms with Gasteiger partial charge in [-0.25, -0.2) is 8.42 Å². The third kappa shape index (κ3) is 2.86. The Hall–Kier alpha value is -2.04. The number of hydrogen-bond acceptors (Lipinski definition) is 4. The summed E-state index contributed by atoms with van der Waals surface area (Å²) in [5.74, 6) is 0. The van der Waals surface area contributed by atoms with Crippen LogP contribution in [0.25, 0.3) is 0 Å². The van der Waals surface area contributed by atoms with Crippen molar-refractivity contribution in [3.63, 3.8) is 0 Å². The molecule has 1 heterocycles. The van der Waals surface area contributed by atoms with Gasteiger partial charge in [0.15, 0.2) is 0 Å². The van der Waals surface area contributed by atoms with E-state index in [9.17, 15) is 8.42 Å². The molecule has 2 aromatic rings. The zero-order valence-corrected chi connectivity index (χ0v) is 13.2. The number of nitrogens with one attached hydrogen (secondary N) is 1. The van der Waals surface area contributed by atoms with Crippen molar-refractivity contribution in [1.82, 2.24) is 9.78 Å². The Kier molecular flexibility index (Phi) is 3.94. The lowest BCUT2D eigenvalue weighted by Gasteiger charge is -2.10. The third-order valence-electron chi connectivity index (χ3n) is 3.05. The summed E-state index contributed by atoms with van der Waals surface area (Å²) in [6, 6.07) is 6.29. The minimum absolute atomic E-state index is 0.130. The minimum atomic E-state index is -3.80. The van der Waals surface area contributed by atoms with Gasteiger partial charge in [0.05, 0.1) is 33.7 Å². The van der Waals surface area contributed by atoms with E-state index in [1.807, 2.05) is 6.07 Å². The first kappa shape index (κ1) is 15.4. The largest absolute Gasteiger partial charge is 0.278 e. The predicted octanol–water partition coefficient (Wildman–Crippen LogP) is 2.36. The summed E-state index contributed by atoms with van der Waals surface area (Å²) in [5, 5.41) is 13.0. The standard InChI is InChI=1S/C13H13ClN4O2S/c1-8-13(9(2)18(3)16-8)21(19,20)17-12-5-4-10(7-15)6-11(12)14/h4-6,17H,1-3H3. The van der Waals surface area contributed by atoms with Crippen LogP contribution in [-0.2, 0) is 17.1 Å². The molecule has 110 valence electrons. The Morgan fingerprint density at radius 2 is 2.05 bits per heavy atom. The number of halogens is 1. The molecule has 21 heavy (non-hydrogen) atoms. The summed E-state index contributed by atoms with van der Waals surface area (Å²) in [4.78, 5) is 0.130. The van der Waals surface area contributed by atoms with E-state index in [1.54, 1.807) is 20.9 Å². The van der Waals surface area contributed by atoms with Gasteiger partial charge in [0, 0.05) is 7.05 Å². The Morgan fingerprint density at radius 3 is 2.52 bits per heavy atom. The maximum absolute atomic E-state index is 12.5. The Bertz CT molecular complexity index is 850. The fourth-order valence-electron chi connectivity index (χ4n) is 2.01. The molecular weight excluding hydrogens is 312 g/mol. The molecular formula is C13H13ClN4O2S. The maximum Gasteiger partial charge on any atom is 0.265 e. The second-order valence-electron chi connectivity index (χ2n) is 4.54. The van der Waals surface area contributed by atoms with Crippen molar-refractivity contribution < 1.29 is 8.42 Å². The molecule has 2 rings (SSSR count). The number of anilines is 1. The second kappa shape index (κ2) is 5.39. The van der Waals surface area contributed by atoms with Crippen LogP contribution in [0.2, 0.25) is 5.02 Å². The normalized spacial score (nSPS) is 11.2. The maximum atomic E-state index is 12.5. The van der Waals surface area contributed by atoms with E-state index in [0.29, 0.717) is 17.0 Å². The highest BCUT2D eigenvalue weighted by Crippen LogP contribution is 2.27. The van der Waals surface area contributed by atoms with Crippen molar-refractivity contribution >= 4 is 27.3 Å². The predicted molar refractivity (Wildman–Crippen MR) is 79.7 cm³/mol. The summed E-state index contributed by atoms with van der Waals surface area (Å²) in [6.07, 6.45) is 0. The van der Waals surface area contributed by atoms with Crippen LogP contribution in [0.1, 0.15) is 17.0 Å². The summed E-state index contributed by atoms with van der Waals surface area (Å²) >= 11 is 5.99. The van der Waals surface area contributed by atoms with Crippen LogP contribution in [-0.4, -0.2) is 18.2 Å². The summed E-state index contributed by atoms with van der Waals surface area (Å²) in [6.45, 7) is 3.30. The molecule has 1 N–H and O–H groups in total. The molecule has 0 atom stereocenters. The molecule has 0 fully saturated rings. The van der Waals surface area contributed by atoms with Crippen molar-refractivity contribution in [2.24, 2.45) is 7.05 Å². The molecule has 0 aliphatic heterocycles. The molecule has 0 spiro atoms. The van der Waals surface area contributed by atoms with Gasteiger partial charge in [-0.1, -0.05) is 11.6 Å². The van der Waals surface area contributed by atoms with Gasteiger partial charge in [0.2, 0.25) is 0 Å². The highest BCUT2D eigenvalue weighted by atomic mass is 35.5. The number of rotatable bonds is 3. The van der Waals surface area contributed by atoms with Crippen molar-refractivity contribution in [3.05, 3.63) is 40.2 Å². The van der Waals surface area contributed by atoms with Crippen LogP contribution in [0.3, 0.4) is 0 Å². The van der Waals surface area contributed by atoms with Crippen molar-refractivity contribution in [3.8, 4) is 6.07 Å². The lowest BCUT2D eigenvalue weighted by molar-refractivity contribution is 0.599. The first-order valence-electron chi connectivity index (χ1n) is 5.99. The molecule has 0 saturated carbocycles. The first-order valence-corrected chi connectivity index (χ1v) is 7.85. The molecule has 1 aromatic heterocycles. The molecule has 0 bridgehead atoms. The Labute approximate surface area is 128 Å². The quantitative estimate of drug-likeness (QED) is 0.938. The molecule has 8 heteroatoms. The molecule has 0 aliphatic rings. The van der Waals surface area contributed by atoms with Gasteiger partial charge in [-0.05, 0) is 32.0 Å². The van der Waals surface area contributed by atoms with Gasteiger partial charge < -0.3 is 0 Å². The SMILES string of the molecule is Cc1nn(C)c(C)c1S(=O)(=O)Nc1ccc(C#N)cc1Cl. The first-order chi connectivity index (χ1) is 9.76. The number of aryl methyl sites for hydroxylation is 2. The summed E-state index contributed by atoms with van der Waals surface area (Å²) < 4.78 is 28.9. The monoisotopic (exact) mass is 324 g/mol. The van der Waals surface area contributed by atoms with E-state index in [1.165, 1.54) is 22.9 Å². The van der Waals surface area contributed by atoms with Crippen LogP contribution in [0.15, 0.2) is 23.1 Å². The van der Waals surface area contributed by atoms with E-state index in [0.717, 1.165) is 0 Å². The van der Waals surface area contributed by atoms with Crippen LogP contribution in [0, 0.1) is 25.2 Å². The molecule has 0 radical (unpaired) electrons. The number of benzene rings is 1. The summed E-state index contributed by atoms with van der Waals surface area (Å²) in [7, 11) is -2.12. The molecule has 0 amide bonds. The minimum Gasteiger partial charge on any atom is -0.278 e. The van der Waals surface area contributed by atoms with E-state index < -0.39 is 10.0 Å². The van der Waals surface area contributed by atoms with E-state index >= 15 is 0 Å². The third-order valence-corrected chi connectivity index (χ3v) is 4.98. The fraction of sp³-hybridized carbons (Fsp3) is 0.231. The number of hydrogen-bond donors (Lipinski definition) is 1. The van der Waals surface area contributed by atoms with E-state index in [-0.39, 0.29) is 15.6 Å². The van der Waals surface area contributed by atoms with E-state index in [4.69, 9.17) is 16.9 Å². The molecule has 0 unspecified atom stereocenters. The number of nitrogens with zero attached hydrogens (tertiary/aromatic N) is 3. The van der Waals surface area contributed by atoms with Crippen LogP contribution >= 0.6 is 11.6 Å². The summed E-state index contributed by atoms with van der Waals surface area (Å²) in [5.41, 5.74) is 1.52. The Balaban J connectivity index is 2.45. The van der Waals surface area contributed by atoms with Crippen LogP contribution in [0.5, 0.6) is 0 Å². The van der Waals surface area contributed by atoms with Gasteiger partial charge in [-0.2, -0.15) is 10.4 Å². The average Bonchev–Trinajstić information content (AvgIpc) is 2.66. The highest BCUT2D eigenvalue weighted by molar-refractivity contribution is 7.92. The zero-order valence-electron chi connectivity index (χ0n) is 11.7. The highest BCUT2D eigenvalue weighted by Gasteiger charge is 2.24. The molecule has 0 saturated heterocycles. The van der Waals surface area contributed by atoms with E-state index in [2.05, 4.69) is 9.82 Å². The second-order valence-corrected chi connectivity index (χ2v) is 6.56. The van der Waals surface area contributed by atoms with Crippen LogP contribution < -0.4 is 4.72 Å². The Morgan fingerprint density at radius 1 is 1.38 bits per heavy atom. The smallest absolute Gasteiger partial charge is 0.265 e. The van der Waals surface area contributed by atoms with Crippen molar-refractivity contribution in [1.29, 1.82) is 5.26 Å². The van der Waals surface area contributed by atoms with Gasteiger partial charge >= 0.3 is 0 Å².